The van der Waals surface area contributed by atoms with Crippen molar-refractivity contribution in [2.75, 3.05) is 9.80 Å². The van der Waals surface area contributed by atoms with E-state index in [1.165, 1.54) is 44.5 Å². The monoisotopic (exact) mass is 732 g/mol. The largest absolute Gasteiger partial charge is 0.310 e. The molecule has 6 aromatic rings. The van der Waals surface area contributed by atoms with E-state index in [1.54, 1.807) is 0 Å². The Morgan fingerprint density at radius 3 is 1.34 bits per heavy atom. The minimum atomic E-state index is 1.02. The van der Waals surface area contributed by atoms with Crippen molar-refractivity contribution in [2.45, 2.75) is 66.2 Å². The zero-order valence-electron chi connectivity index (χ0n) is 33.7. The van der Waals surface area contributed by atoms with Crippen molar-refractivity contribution in [3.05, 3.63) is 216 Å². The average Bonchev–Trinajstić information content (AvgIpc) is 3.21. The van der Waals surface area contributed by atoms with Crippen molar-refractivity contribution >= 4 is 34.1 Å². The SMILES string of the molecule is C=C/C=C\CCCc1cccc(N(c2ccc(C)cc2)c2ccc(N(c3ccc(-c4cc(C)c(C)cc4C)cc3)c3cccc(CCC/C=C\C=C)c3)cc2)c1. The molecule has 6 rings (SSSR count). The molecule has 0 unspecified atom stereocenters. The van der Waals surface area contributed by atoms with E-state index in [2.05, 4.69) is 196 Å². The number of anilines is 6. The molecule has 0 radical (unpaired) electrons. The van der Waals surface area contributed by atoms with Gasteiger partial charge in [0.2, 0.25) is 0 Å². The Kier molecular flexibility index (Phi) is 13.8. The summed E-state index contributed by atoms with van der Waals surface area (Å²) in [6.07, 6.45) is 18.5. The maximum absolute atomic E-state index is 3.81. The molecule has 282 valence electrons. The molecule has 2 nitrogen and oxygen atoms in total. The first-order valence-electron chi connectivity index (χ1n) is 20.0. The summed E-state index contributed by atoms with van der Waals surface area (Å²) in [4.78, 5) is 4.76. The third kappa shape index (κ3) is 10.1. The number of aryl methyl sites for hydroxylation is 6. The lowest BCUT2D eigenvalue weighted by molar-refractivity contribution is 0.843. The smallest absolute Gasteiger partial charge is 0.0464 e. The zero-order valence-corrected chi connectivity index (χ0v) is 33.7. The van der Waals surface area contributed by atoms with Crippen molar-refractivity contribution in [1.82, 2.24) is 0 Å². The number of hydrogen-bond donors (Lipinski definition) is 0. The number of nitrogens with zero attached hydrogens (tertiary/aromatic N) is 2. The highest BCUT2D eigenvalue weighted by Gasteiger charge is 2.17. The van der Waals surface area contributed by atoms with E-state index in [1.807, 2.05) is 24.3 Å². The van der Waals surface area contributed by atoms with Crippen molar-refractivity contribution in [1.29, 1.82) is 0 Å². The Hall–Kier alpha value is -6.12. The summed E-state index contributed by atoms with van der Waals surface area (Å²) in [5.74, 6) is 0. The van der Waals surface area contributed by atoms with Crippen molar-refractivity contribution in [3.8, 4) is 11.1 Å². The Balaban J connectivity index is 1.37. The van der Waals surface area contributed by atoms with Gasteiger partial charge in [-0.25, -0.2) is 0 Å². The van der Waals surface area contributed by atoms with Gasteiger partial charge in [-0.1, -0.05) is 116 Å². The fraction of sp³-hybridized carbons (Fsp3) is 0.185. The topological polar surface area (TPSA) is 6.48 Å². The van der Waals surface area contributed by atoms with Crippen LogP contribution in [0.25, 0.3) is 11.1 Å². The maximum atomic E-state index is 3.81. The minimum absolute atomic E-state index is 1.02. The number of benzene rings is 6. The lowest BCUT2D eigenvalue weighted by Crippen LogP contribution is -2.12. The second-order valence-electron chi connectivity index (χ2n) is 14.8. The Bertz CT molecular complexity index is 2270. The number of unbranched alkanes of at least 4 members (excludes halogenated alkanes) is 2. The van der Waals surface area contributed by atoms with E-state index >= 15 is 0 Å². The molecule has 0 amide bonds. The molecule has 2 heteroatoms. The fourth-order valence-electron chi connectivity index (χ4n) is 7.34. The zero-order chi connectivity index (χ0) is 39.3. The molecule has 56 heavy (non-hydrogen) atoms. The molecule has 0 aliphatic carbocycles. The molecule has 0 aliphatic rings. The Morgan fingerprint density at radius 2 is 0.875 bits per heavy atom. The van der Waals surface area contributed by atoms with E-state index in [-0.39, 0.29) is 0 Å². The molecule has 0 bridgehead atoms. The van der Waals surface area contributed by atoms with Crippen molar-refractivity contribution in [3.63, 3.8) is 0 Å². The number of rotatable bonds is 17. The van der Waals surface area contributed by atoms with Gasteiger partial charge in [-0.15, -0.1) is 0 Å². The molecular weight excluding hydrogens is 677 g/mol. The predicted molar refractivity (Wildman–Crippen MR) is 245 cm³/mol. The van der Waals surface area contributed by atoms with Gasteiger partial charge >= 0.3 is 0 Å². The summed E-state index contributed by atoms with van der Waals surface area (Å²) in [6.45, 7) is 16.3. The average molecular weight is 733 g/mol. The van der Waals surface area contributed by atoms with Crippen LogP contribution < -0.4 is 9.80 Å². The van der Waals surface area contributed by atoms with Crippen LogP contribution in [0, 0.1) is 27.7 Å². The summed E-state index contributed by atoms with van der Waals surface area (Å²) in [5, 5.41) is 0. The van der Waals surface area contributed by atoms with E-state index < -0.39 is 0 Å². The Morgan fingerprint density at radius 1 is 0.446 bits per heavy atom. The highest BCUT2D eigenvalue weighted by molar-refractivity contribution is 5.82. The summed E-state index contributed by atoms with van der Waals surface area (Å²) in [7, 11) is 0. The first kappa shape index (κ1) is 39.6. The number of allylic oxidation sites excluding steroid dienone is 6. The van der Waals surface area contributed by atoms with Crippen LogP contribution in [-0.2, 0) is 12.8 Å². The van der Waals surface area contributed by atoms with E-state index in [9.17, 15) is 0 Å². The lowest BCUT2D eigenvalue weighted by Gasteiger charge is -2.29. The standard InChI is InChI=1S/C54H56N2/c1-7-9-11-13-15-19-45-21-17-23-52(39-45)55(48-29-25-41(3)26-30-48)50-33-35-51(36-34-50)56(53-24-18-22-46(40-53)20-16-14-12-10-8-2)49-31-27-47(28-32-49)54-38-43(5)42(4)37-44(54)6/h7-12,17-18,21-40H,1-2,13-16,19-20H2,3-6H3/b11-9-,12-10-. The van der Waals surface area contributed by atoms with E-state index in [0.29, 0.717) is 0 Å². The summed E-state index contributed by atoms with van der Waals surface area (Å²) in [5.41, 5.74) is 17.2. The lowest BCUT2D eigenvalue weighted by atomic mass is 9.95. The van der Waals surface area contributed by atoms with Gasteiger partial charge in [-0.2, -0.15) is 0 Å². The molecular formula is C54H56N2. The minimum Gasteiger partial charge on any atom is -0.310 e. The first-order valence-corrected chi connectivity index (χ1v) is 20.0. The van der Waals surface area contributed by atoms with E-state index in [4.69, 9.17) is 0 Å². The summed E-state index contributed by atoms with van der Waals surface area (Å²) >= 11 is 0. The van der Waals surface area contributed by atoms with Gasteiger partial charge in [0.25, 0.3) is 0 Å². The molecule has 0 saturated carbocycles. The summed E-state index contributed by atoms with van der Waals surface area (Å²) < 4.78 is 0. The van der Waals surface area contributed by atoms with Gasteiger partial charge in [0.15, 0.2) is 0 Å². The first-order chi connectivity index (χ1) is 27.3. The van der Waals surface area contributed by atoms with Crippen LogP contribution in [0.15, 0.2) is 183 Å². The van der Waals surface area contributed by atoms with Gasteiger partial charge in [0.05, 0.1) is 0 Å². The number of hydrogen-bond acceptors (Lipinski definition) is 2. The molecule has 6 aromatic carbocycles. The predicted octanol–water partition coefficient (Wildman–Crippen LogP) is 15.7. The highest BCUT2D eigenvalue weighted by atomic mass is 15.2. The van der Waals surface area contributed by atoms with Gasteiger partial charge in [0.1, 0.15) is 0 Å². The van der Waals surface area contributed by atoms with Gasteiger partial charge in [-0.3, -0.25) is 0 Å². The van der Waals surface area contributed by atoms with Crippen LogP contribution in [0.4, 0.5) is 34.1 Å². The van der Waals surface area contributed by atoms with Gasteiger partial charge in [0, 0.05) is 34.1 Å². The van der Waals surface area contributed by atoms with Gasteiger partial charge < -0.3 is 9.80 Å². The highest BCUT2D eigenvalue weighted by Crippen LogP contribution is 2.40. The second-order valence-corrected chi connectivity index (χ2v) is 14.8. The van der Waals surface area contributed by atoms with Crippen LogP contribution in [-0.4, -0.2) is 0 Å². The molecule has 0 N–H and O–H groups in total. The maximum Gasteiger partial charge on any atom is 0.0464 e. The molecule has 0 spiro atoms. The van der Waals surface area contributed by atoms with Crippen LogP contribution in [0.2, 0.25) is 0 Å². The molecule has 0 heterocycles. The second kappa shape index (κ2) is 19.5. The van der Waals surface area contributed by atoms with Crippen LogP contribution >= 0.6 is 0 Å². The molecule has 0 atom stereocenters. The Labute approximate surface area is 336 Å². The third-order valence-electron chi connectivity index (χ3n) is 10.5. The normalized spacial score (nSPS) is 11.3. The van der Waals surface area contributed by atoms with Crippen LogP contribution in [0.3, 0.4) is 0 Å². The summed E-state index contributed by atoms with van der Waals surface area (Å²) in [6, 6.07) is 49.6. The van der Waals surface area contributed by atoms with Crippen LogP contribution in [0.5, 0.6) is 0 Å². The van der Waals surface area contributed by atoms with Crippen molar-refractivity contribution < 1.29 is 0 Å². The van der Waals surface area contributed by atoms with Crippen molar-refractivity contribution in [2.24, 2.45) is 0 Å². The quantitative estimate of drug-likeness (QED) is 0.0680. The van der Waals surface area contributed by atoms with Crippen LogP contribution in [0.1, 0.15) is 59.1 Å². The van der Waals surface area contributed by atoms with Gasteiger partial charge in [-0.05, 0) is 178 Å². The molecule has 0 saturated heterocycles. The third-order valence-corrected chi connectivity index (χ3v) is 10.5. The van der Waals surface area contributed by atoms with E-state index in [0.717, 1.165) is 72.6 Å². The fourth-order valence-corrected chi connectivity index (χ4v) is 7.34. The molecule has 0 fully saturated rings. The molecule has 0 aromatic heterocycles. The molecule has 0 aliphatic heterocycles.